The van der Waals surface area contributed by atoms with Crippen molar-refractivity contribution in [2.45, 2.75) is 13.3 Å². The average molecular weight is 261 g/mol. The maximum Gasteiger partial charge on any atom is 0.254 e. The molecular weight excluding hydrogens is 246 g/mol. The van der Waals surface area contributed by atoms with Gasteiger partial charge in [0.1, 0.15) is 0 Å². The number of rotatable bonds is 4. The molecule has 2 amide bonds. The lowest BCUT2D eigenvalue weighted by atomic mass is 10.1. The molecule has 1 aromatic carbocycles. The number of imide groups is 1. The summed E-state index contributed by atoms with van der Waals surface area (Å²) in [4.78, 5) is 22.7. The predicted octanol–water partition coefficient (Wildman–Crippen LogP) is 1.52. The van der Waals surface area contributed by atoms with E-state index in [1.807, 2.05) is 19.1 Å². The van der Waals surface area contributed by atoms with Crippen LogP contribution in [0.3, 0.4) is 0 Å². The Balaban J connectivity index is 2.40. The van der Waals surface area contributed by atoms with Gasteiger partial charge in [-0.15, -0.1) is 0 Å². The lowest BCUT2D eigenvalue weighted by Crippen LogP contribution is -2.19. The van der Waals surface area contributed by atoms with E-state index in [1.54, 1.807) is 19.3 Å². The van der Waals surface area contributed by atoms with Gasteiger partial charge in [0, 0.05) is 11.1 Å². The summed E-state index contributed by atoms with van der Waals surface area (Å²) >= 11 is 0. The molecule has 5 heteroatoms. The van der Waals surface area contributed by atoms with E-state index in [0.717, 1.165) is 0 Å². The van der Waals surface area contributed by atoms with Crippen molar-refractivity contribution >= 4 is 17.9 Å². The summed E-state index contributed by atoms with van der Waals surface area (Å²) in [6, 6.07) is 5.42. The largest absolute Gasteiger partial charge is 0.492 e. The second-order valence-corrected chi connectivity index (χ2v) is 4.04. The normalized spacial score (nSPS) is 16.6. The molecule has 2 rings (SSSR count). The predicted molar refractivity (Wildman–Crippen MR) is 69.9 cm³/mol. The number of hydrogen-bond acceptors (Lipinski definition) is 4. The Bertz CT molecular complexity index is 548. The summed E-state index contributed by atoms with van der Waals surface area (Å²) in [6.45, 7) is 2.41. The van der Waals surface area contributed by atoms with Crippen molar-refractivity contribution < 1.29 is 19.1 Å². The summed E-state index contributed by atoms with van der Waals surface area (Å²) < 4.78 is 10.8. The zero-order valence-corrected chi connectivity index (χ0v) is 10.9. The number of methoxy groups -OCH3 is 1. The van der Waals surface area contributed by atoms with Gasteiger partial charge in [0.25, 0.3) is 5.91 Å². The van der Waals surface area contributed by atoms with Crippen LogP contribution in [0.5, 0.6) is 11.5 Å². The first-order chi connectivity index (χ1) is 9.15. The third-order valence-electron chi connectivity index (χ3n) is 2.74. The Morgan fingerprint density at radius 2 is 2.16 bits per heavy atom. The fraction of sp³-hybridized carbons (Fsp3) is 0.286. The molecule has 5 nitrogen and oxygen atoms in total. The minimum atomic E-state index is -0.353. The number of amides is 2. The van der Waals surface area contributed by atoms with E-state index >= 15 is 0 Å². The summed E-state index contributed by atoms with van der Waals surface area (Å²) in [7, 11) is 1.54. The third-order valence-corrected chi connectivity index (χ3v) is 2.74. The molecular formula is C14H15NO4. The smallest absolute Gasteiger partial charge is 0.254 e. The van der Waals surface area contributed by atoms with Gasteiger partial charge in [-0.2, -0.15) is 0 Å². The van der Waals surface area contributed by atoms with Crippen LogP contribution in [-0.4, -0.2) is 25.5 Å². The first kappa shape index (κ1) is 13.1. The Kier molecular flexibility index (Phi) is 3.85. The molecule has 0 aromatic heterocycles. The van der Waals surface area contributed by atoms with Crippen LogP contribution in [0.4, 0.5) is 0 Å². The topological polar surface area (TPSA) is 64.6 Å². The van der Waals surface area contributed by atoms with Crippen LogP contribution >= 0.6 is 0 Å². The molecule has 1 aliphatic rings. The van der Waals surface area contributed by atoms with Gasteiger partial charge in [-0.05, 0) is 19.1 Å². The highest BCUT2D eigenvalue weighted by Gasteiger charge is 2.24. The van der Waals surface area contributed by atoms with Crippen molar-refractivity contribution in [2.75, 3.05) is 13.7 Å². The van der Waals surface area contributed by atoms with Gasteiger partial charge in [-0.25, -0.2) is 0 Å². The number of benzene rings is 1. The lowest BCUT2D eigenvalue weighted by molar-refractivity contribution is -0.124. The van der Waals surface area contributed by atoms with Gasteiger partial charge >= 0.3 is 0 Å². The molecule has 1 aromatic rings. The Morgan fingerprint density at radius 3 is 2.74 bits per heavy atom. The van der Waals surface area contributed by atoms with Crippen LogP contribution < -0.4 is 14.8 Å². The summed E-state index contributed by atoms with van der Waals surface area (Å²) in [5.41, 5.74) is 1.14. The number of carbonyl (C=O) groups excluding carboxylic acids is 2. The fourth-order valence-corrected chi connectivity index (χ4v) is 1.94. The molecule has 0 spiro atoms. The van der Waals surface area contributed by atoms with Crippen molar-refractivity contribution in [3.63, 3.8) is 0 Å². The summed E-state index contributed by atoms with van der Waals surface area (Å²) in [5.74, 6) is 0.540. The molecule has 1 fully saturated rings. The van der Waals surface area contributed by atoms with Gasteiger partial charge in [0.2, 0.25) is 5.91 Å². The van der Waals surface area contributed by atoms with Gasteiger partial charge in [0.05, 0.1) is 20.1 Å². The summed E-state index contributed by atoms with van der Waals surface area (Å²) in [6.07, 6.45) is 1.75. The molecule has 100 valence electrons. The van der Waals surface area contributed by atoms with E-state index < -0.39 is 0 Å². The highest BCUT2D eigenvalue weighted by molar-refractivity contribution is 6.15. The van der Waals surface area contributed by atoms with Gasteiger partial charge in [0.15, 0.2) is 11.5 Å². The van der Waals surface area contributed by atoms with Crippen molar-refractivity contribution in [1.82, 2.24) is 5.32 Å². The van der Waals surface area contributed by atoms with Crippen LogP contribution in [0.1, 0.15) is 18.9 Å². The first-order valence-electron chi connectivity index (χ1n) is 6.00. The molecule has 1 N–H and O–H groups in total. The standard InChI is InChI=1S/C14H15NO4/c1-3-19-11-6-4-5-9(13(11)18-2)7-10-8-12(16)15-14(10)17/h4-7H,3,8H2,1-2H3,(H,15,16,17). The second-order valence-electron chi connectivity index (χ2n) is 4.04. The van der Waals surface area contributed by atoms with Crippen LogP contribution in [0.15, 0.2) is 23.8 Å². The van der Waals surface area contributed by atoms with Crippen molar-refractivity contribution in [3.8, 4) is 11.5 Å². The number of para-hydroxylation sites is 1. The molecule has 0 radical (unpaired) electrons. The average Bonchev–Trinajstić information content (AvgIpc) is 2.69. The van der Waals surface area contributed by atoms with E-state index in [-0.39, 0.29) is 18.2 Å². The second kappa shape index (κ2) is 5.56. The lowest BCUT2D eigenvalue weighted by Gasteiger charge is -2.11. The summed E-state index contributed by atoms with van der Waals surface area (Å²) in [5, 5.41) is 2.25. The number of hydrogen-bond donors (Lipinski definition) is 1. The zero-order chi connectivity index (χ0) is 13.8. The molecule has 0 atom stereocenters. The van der Waals surface area contributed by atoms with Crippen molar-refractivity contribution in [1.29, 1.82) is 0 Å². The van der Waals surface area contributed by atoms with Gasteiger partial charge in [-0.1, -0.05) is 12.1 Å². The molecule has 19 heavy (non-hydrogen) atoms. The fourth-order valence-electron chi connectivity index (χ4n) is 1.94. The first-order valence-corrected chi connectivity index (χ1v) is 6.00. The third kappa shape index (κ3) is 2.76. The van der Waals surface area contributed by atoms with Crippen LogP contribution in [-0.2, 0) is 9.59 Å². The van der Waals surface area contributed by atoms with Gasteiger partial charge < -0.3 is 9.47 Å². The Morgan fingerprint density at radius 1 is 1.37 bits per heavy atom. The van der Waals surface area contributed by atoms with E-state index in [0.29, 0.717) is 29.2 Å². The minimum Gasteiger partial charge on any atom is -0.492 e. The SMILES string of the molecule is CCOc1cccc(C=C2CC(=O)NC2=O)c1OC. The highest BCUT2D eigenvalue weighted by Crippen LogP contribution is 2.33. The Hall–Kier alpha value is -2.30. The Labute approximate surface area is 111 Å². The molecule has 1 aliphatic heterocycles. The quantitative estimate of drug-likeness (QED) is 0.659. The highest BCUT2D eigenvalue weighted by atomic mass is 16.5. The maximum atomic E-state index is 11.5. The number of carbonyl (C=O) groups is 2. The van der Waals surface area contributed by atoms with Crippen LogP contribution in [0, 0.1) is 0 Å². The monoisotopic (exact) mass is 261 g/mol. The minimum absolute atomic E-state index is 0.0981. The van der Waals surface area contributed by atoms with E-state index in [9.17, 15) is 9.59 Å². The zero-order valence-electron chi connectivity index (χ0n) is 10.9. The van der Waals surface area contributed by atoms with Gasteiger partial charge in [-0.3, -0.25) is 14.9 Å². The molecule has 0 aliphatic carbocycles. The van der Waals surface area contributed by atoms with E-state index in [2.05, 4.69) is 5.32 Å². The van der Waals surface area contributed by atoms with Crippen LogP contribution in [0.25, 0.3) is 6.08 Å². The number of ether oxygens (including phenoxy) is 2. The molecule has 0 bridgehead atoms. The van der Waals surface area contributed by atoms with Crippen molar-refractivity contribution in [3.05, 3.63) is 29.3 Å². The molecule has 0 unspecified atom stereocenters. The molecule has 1 saturated heterocycles. The molecule has 1 heterocycles. The molecule has 0 saturated carbocycles. The van der Waals surface area contributed by atoms with Crippen LogP contribution in [0.2, 0.25) is 0 Å². The van der Waals surface area contributed by atoms with Crippen molar-refractivity contribution in [2.24, 2.45) is 0 Å². The van der Waals surface area contributed by atoms with E-state index in [4.69, 9.17) is 9.47 Å². The maximum absolute atomic E-state index is 11.5. The number of nitrogens with one attached hydrogen (secondary N) is 1. The van der Waals surface area contributed by atoms with E-state index in [1.165, 1.54) is 0 Å².